The van der Waals surface area contributed by atoms with E-state index in [-0.39, 0.29) is 11.8 Å². The molecule has 8 nitrogen and oxygen atoms in total. The second-order valence-corrected chi connectivity index (χ2v) is 10.1. The highest BCUT2D eigenvalue weighted by atomic mass is 32.2. The molecule has 4 rings (SSSR count). The lowest BCUT2D eigenvalue weighted by atomic mass is 9.97. The minimum atomic E-state index is -3.54. The molecule has 1 N–H and O–H groups in total. The molecule has 0 unspecified atom stereocenters. The number of carbonyl (C=O) groups excluding carboxylic acids is 1. The molecule has 0 atom stereocenters. The van der Waals surface area contributed by atoms with Gasteiger partial charge in [-0.2, -0.15) is 4.31 Å². The van der Waals surface area contributed by atoms with Crippen LogP contribution in [0.3, 0.4) is 0 Å². The van der Waals surface area contributed by atoms with Gasteiger partial charge in [0.2, 0.25) is 15.9 Å². The number of rotatable bonds is 6. The molecule has 0 radical (unpaired) electrons. The minimum absolute atomic E-state index is 0.0492. The lowest BCUT2D eigenvalue weighted by Crippen LogP contribution is -2.42. The number of piperidine rings is 1. The van der Waals surface area contributed by atoms with Crippen molar-refractivity contribution in [3.05, 3.63) is 71.9 Å². The van der Waals surface area contributed by atoms with Gasteiger partial charge in [0.25, 0.3) is 0 Å². The minimum Gasteiger partial charge on any atom is -0.352 e. The zero-order valence-corrected chi connectivity index (χ0v) is 19.0. The van der Waals surface area contributed by atoms with Crippen molar-refractivity contribution >= 4 is 15.9 Å². The summed E-state index contributed by atoms with van der Waals surface area (Å²) in [6.07, 6.45) is 7.93. The van der Waals surface area contributed by atoms with Gasteiger partial charge in [-0.15, -0.1) is 0 Å². The number of aromatic nitrogens is 3. The van der Waals surface area contributed by atoms with Crippen molar-refractivity contribution in [1.82, 2.24) is 24.2 Å². The summed E-state index contributed by atoms with van der Waals surface area (Å²) in [5, 5.41) is 2.96. The molecule has 0 saturated carbocycles. The maximum atomic E-state index is 13.0. The topological polar surface area (TPSA) is 97.2 Å². The average Bonchev–Trinajstić information content (AvgIpc) is 3.34. The Labute approximate surface area is 188 Å². The van der Waals surface area contributed by atoms with E-state index in [4.69, 9.17) is 0 Å². The highest BCUT2D eigenvalue weighted by Crippen LogP contribution is 2.25. The SMILES string of the molecule is Cc1ccc(S(=O)(=O)N2CCC(C(=O)NCc3ccc(-n4ccnc4)nc3)CC2)cc1C. The molecule has 1 fully saturated rings. The summed E-state index contributed by atoms with van der Waals surface area (Å²) in [7, 11) is -3.54. The third-order valence-corrected chi connectivity index (χ3v) is 7.88. The molecule has 32 heavy (non-hydrogen) atoms. The number of nitrogens with zero attached hydrogens (tertiary/aromatic N) is 4. The van der Waals surface area contributed by atoms with Gasteiger partial charge in [0.15, 0.2) is 0 Å². The number of aryl methyl sites for hydroxylation is 2. The van der Waals surface area contributed by atoms with Crippen molar-refractivity contribution in [2.45, 2.75) is 38.1 Å². The third-order valence-electron chi connectivity index (χ3n) is 5.99. The molecule has 2 aromatic heterocycles. The van der Waals surface area contributed by atoms with Crippen molar-refractivity contribution in [1.29, 1.82) is 0 Å². The molecular formula is C23H27N5O3S. The fourth-order valence-corrected chi connectivity index (χ4v) is 5.34. The molecule has 1 aromatic carbocycles. The molecule has 0 bridgehead atoms. The van der Waals surface area contributed by atoms with Gasteiger partial charge < -0.3 is 5.32 Å². The second kappa shape index (κ2) is 9.22. The van der Waals surface area contributed by atoms with Crippen LogP contribution < -0.4 is 5.32 Å². The van der Waals surface area contributed by atoms with Crippen LogP contribution in [0.2, 0.25) is 0 Å². The Morgan fingerprint density at radius 2 is 1.91 bits per heavy atom. The third kappa shape index (κ3) is 4.73. The average molecular weight is 454 g/mol. The van der Waals surface area contributed by atoms with E-state index in [9.17, 15) is 13.2 Å². The van der Waals surface area contributed by atoms with Crippen molar-refractivity contribution in [2.75, 3.05) is 13.1 Å². The van der Waals surface area contributed by atoms with Crippen LogP contribution in [0.25, 0.3) is 5.82 Å². The zero-order chi connectivity index (χ0) is 22.7. The van der Waals surface area contributed by atoms with E-state index < -0.39 is 10.0 Å². The Balaban J connectivity index is 1.30. The molecule has 0 aliphatic carbocycles. The van der Waals surface area contributed by atoms with Crippen LogP contribution in [0.1, 0.15) is 29.5 Å². The van der Waals surface area contributed by atoms with Gasteiger partial charge in [0, 0.05) is 44.1 Å². The first-order valence-corrected chi connectivity index (χ1v) is 12.1. The second-order valence-electron chi connectivity index (χ2n) is 8.14. The number of amides is 1. The van der Waals surface area contributed by atoms with Gasteiger partial charge >= 0.3 is 0 Å². The van der Waals surface area contributed by atoms with Gasteiger partial charge in [0.1, 0.15) is 12.1 Å². The summed E-state index contributed by atoms with van der Waals surface area (Å²) in [5.74, 6) is 0.515. The molecule has 1 amide bonds. The number of hydrogen-bond donors (Lipinski definition) is 1. The van der Waals surface area contributed by atoms with Crippen molar-refractivity contribution in [3.8, 4) is 5.82 Å². The van der Waals surface area contributed by atoms with Gasteiger partial charge in [-0.05, 0) is 61.6 Å². The molecule has 3 heterocycles. The fraction of sp³-hybridized carbons (Fsp3) is 0.348. The Morgan fingerprint density at radius 1 is 1.12 bits per heavy atom. The quantitative estimate of drug-likeness (QED) is 0.619. The van der Waals surface area contributed by atoms with Gasteiger partial charge in [-0.1, -0.05) is 12.1 Å². The number of benzene rings is 1. The van der Waals surface area contributed by atoms with Crippen LogP contribution in [0.5, 0.6) is 0 Å². The predicted octanol–water partition coefficient (Wildman–Crippen LogP) is 2.60. The van der Waals surface area contributed by atoms with E-state index in [0.29, 0.717) is 37.4 Å². The van der Waals surface area contributed by atoms with E-state index in [1.807, 2.05) is 42.8 Å². The summed E-state index contributed by atoms with van der Waals surface area (Å²) in [6, 6.07) is 9.00. The summed E-state index contributed by atoms with van der Waals surface area (Å²) in [6.45, 7) is 4.94. The zero-order valence-electron chi connectivity index (χ0n) is 18.2. The summed E-state index contributed by atoms with van der Waals surface area (Å²) < 4.78 is 29.2. The Hall–Kier alpha value is -3.04. The maximum absolute atomic E-state index is 13.0. The van der Waals surface area contributed by atoms with Gasteiger partial charge in [-0.25, -0.2) is 18.4 Å². The number of nitrogens with one attached hydrogen (secondary N) is 1. The monoisotopic (exact) mass is 453 g/mol. The van der Waals surface area contributed by atoms with E-state index in [1.165, 1.54) is 4.31 Å². The highest BCUT2D eigenvalue weighted by molar-refractivity contribution is 7.89. The highest BCUT2D eigenvalue weighted by Gasteiger charge is 2.32. The van der Waals surface area contributed by atoms with Gasteiger partial charge in [-0.3, -0.25) is 9.36 Å². The molecule has 168 valence electrons. The van der Waals surface area contributed by atoms with E-state index in [2.05, 4.69) is 15.3 Å². The molecule has 1 saturated heterocycles. The number of pyridine rings is 1. The van der Waals surface area contributed by atoms with Crippen LogP contribution in [-0.4, -0.2) is 46.3 Å². The number of hydrogen-bond acceptors (Lipinski definition) is 5. The molecule has 1 aliphatic rings. The molecule has 0 spiro atoms. The fourth-order valence-electron chi connectivity index (χ4n) is 3.78. The number of imidazole rings is 1. The Morgan fingerprint density at radius 3 is 2.53 bits per heavy atom. The standard InChI is InChI=1S/C23H27N5O3S/c1-17-3-5-21(13-18(17)2)32(30,31)28-10-7-20(8-11-28)23(29)26-15-19-4-6-22(25-14-19)27-12-9-24-16-27/h3-6,9,12-14,16,20H,7-8,10-11,15H2,1-2H3,(H,26,29). The van der Waals surface area contributed by atoms with Crippen LogP contribution in [-0.2, 0) is 21.4 Å². The predicted molar refractivity (Wildman–Crippen MR) is 121 cm³/mol. The van der Waals surface area contributed by atoms with E-state index in [0.717, 1.165) is 22.5 Å². The van der Waals surface area contributed by atoms with Crippen LogP contribution in [0.4, 0.5) is 0 Å². The maximum Gasteiger partial charge on any atom is 0.243 e. The smallest absolute Gasteiger partial charge is 0.243 e. The molecular weight excluding hydrogens is 426 g/mol. The lowest BCUT2D eigenvalue weighted by molar-refractivity contribution is -0.126. The molecule has 9 heteroatoms. The van der Waals surface area contributed by atoms with E-state index >= 15 is 0 Å². The lowest BCUT2D eigenvalue weighted by Gasteiger charge is -2.30. The van der Waals surface area contributed by atoms with Crippen LogP contribution in [0, 0.1) is 19.8 Å². The first-order chi connectivity index (χ1) is 15.3. The Kier molecular flexibility index (Phi) is 6.38. The van der Waals surface area contributed by atoms with Crippen molar-refractivity contribution in [2.24, 2.45) is 5.92 Å². The molecule has 3 aromatic rings. The largest absolute Gasteiger partial charge is 0.352 e. The van der Waals surface area contributed by atoms with Crippen LogP contribution >= 0.6 is 0 Å². The number of carbonyl (C=O) groups is 1. The molecule has 1 aliphatic heterocycles. The summed E-state index contributed by atoms with van der Waals surface area (Å²) in [4.78, 5) is 21.3. The Bertz CT molecular complexity index is 1180. The normalized spacial score (nSPS) is 15.6. The summed E-state index contributed by atoms with van der Waals surface area (Å²) >= 11 is 0. The van der Waals surface area contributed by atoms with Gasteiger partial charge in [0.05, 0.1) is 4.90 Å². The summed E-state index contributed by atoms with van der Waals surface area (Å²) in [5.41, 5.74) is 2.91. The first-order valence-electron chi connectivity index (χ1n) is 10.6. The van der Waals surface area contributed by atoms with Crippen molar-refractivity contribution < 1.29 is 13.2 Å². The van der Waals surface area contributed by atoms with E-state index in [1.54, 1.807) is 30.9 Å². The van der Waals surface area contributed by atoms with Crippen LogP contribution in [0.15, 0.2) is 60.1 Å². The van der Waals surface area contributed by atoms with Crippen molar-refractivity contribution in [3.63, 3.8) is 0 Å². The first kappa shape index (κ1) is 22.2. The number of sulfonamides is 1.